The SMILES string of the molecule is CCCOCCOc1cc(F)c(C(=O)NCC(=O)Cc2cccc(Oc3ccc(NC(=O)Nc4cc(C(C)(C)C)nn4-c4ccc(C)cc4)c4ccccc34)c2)c(F)c1. The van der Waals surface area contributed by atoms with E-state index in [4.69, 9.17) is 19.3 Å². The molecule has 1 heterocycles. The topological polar surface area (TPSA) is 133 Å². The second-order valence-electron chi connectivity index (χ2n) is 15.0. The quantitative estimate of drug-likeness (QED) is 0.0831. The van der Waals surface area contributed by atoms with Crippen molar-refractivity contribution in [2.75, 3.05) is 37.0 Å². The summed E-state index contributed by atoms with van der Waals surface area (Å²) >= 11 is 0. The summed E-state index contributed by atoms with van der Waals surface area (Å²) in [6.45, 7) is 10.6. The number of ketones is 1. The predicted octanol–water partition coefficient (Wildman–Crippen LogP) is 9.69. The Morgan fingerprint density at radius 1 is 0.780 bits per heavy atom. The average molecular weight is 804 g/mol. The number of amides is 3. The van der Waals surface area contributed by atoms with Crippen molar-refractivity contribution < 1.29 is 37.4 Å². The lowest BCUT2D eigenvalue weighted by Crippen LogP contribution is -2.31. The molecule has 11 nitrogen and oxygen atoms in total. The van der Waals surface area contributed by atoms with Crippen molar-refractivity contribution in [2.24, 2.45) is 0 Å². The van der Waals surface area contributed by atoms with Crippen LogP contribution in [0.4, 0.5) is 25.1 Å². The lowest BCUT2D eigenvalue weighted by atomic mass is 9.92. The van der Waals surface area contributed by atoms with E-state index >= 15 is 0 Å². The number of benzene rings is 5. The van der Waals surface area contributed by atoms with Crippen molar-refractivity contribution in [1.82, 2.24) is 15.1 Å². The summed E-state index contributed by atoms with van der Waals surface area (Å²) in [6, 6.07) is 29.0. The number of hydrogen-bond acceptors (Lipinski definition) is 7. The number of rotatable bonds is 16. The summed E-state index contributed by atoms with van der Waals surface area (Å²) in [5.74, 6) is -2.27. The van der Waals surface area contributed by atoms with Crippen LogP contribution in [-0.4, -0.2) is 53.9 Å². The minimum Gasteiger partial charge on any atom is -0.491 e. The van der Waals surface area contributed by atoms with Crippen LogP contribution in [0.25, 0.3) is 16.5 Å². The first-order valence-electron chi connectivity index (χ1n) is 19.3. The molecule has 1 aromatic heterocycles. The van der Waals surface area contributed by atoms with E-state index in [2.05, 4.69) is 36.7 Å². The first kappa shape index (κ1) is 42.0. The molecule has 0 fully saturated rings. The lowest BCUT2D eigenvalue weighted by molar-refractivity contribution is -0.117. The van der Waals surface area contributed by atoms with Gasteiger partial charge in [0.25, 0.3) is 5.91 Å². The Morgan fingerprint density at radius 3 is 2.22 bits per heavy atom. The number of aromatic nitrogens is 2. The summed E-state index contributed by atoms with van der Waals surface area (Å²) < 4.78 is 48.1. The van der Waals surface area contributed by atoms with Crippen LogP contribution in [-0.2, 0) is 21.4 Å². The van der Waals surface area contributed by atoms with Gasteiger partial charge in [-0.2, -0.15) is 5.10 Å². The Balaban J connectivity index is 1.08. The second kappa shape index (κ2) is 18.8. The molecule has 0 bridgehead atoms. The highest BCUT2D eigenvalue weighted by molar-refractivity contribution is 6.07. The average Bonchev–Trinajstić information content (AvgIpc) is 3.62. The van der Waals surface area contributed by atoms with E-state index in [1.807, 2.05) is 68.4 Å². The first-order chi connectivity index (χ1) is 28.3. The number of nitrogens with zero attached hydrogens (tertiary/aromatic N) is 2. The maximum absolute atomic E-state index is 14.7. The Hall–Kier alpha value is -6.60. The van der Waals surface area contributed by atoms with Crippen molar-refractivity contribution in [3.63, 3.8) is 0 Å². The van der Waals surface area contributed by atoms with E-state index in [-0.39, 0.29) is 36.6 Å². The molecule has 0 aliphatic rings. The molecule has 6 rings (SSSR count). The van der Waals surface area contributed by atoms with Crippen molar-refractivity contribution in [1.29, 1.82) is 0 Å². The van der Waals surface area contributed by atoms with E-state index in [1.165, 1.54) is 0 Å². The van der Waals surface area contributed by atoms with E-state index in [9.17, 15) is 23.2 Å². The molecule has 5 aromatic carbocycles. The molecule has 0 saturated heterocycles. The van der Waals surface area contributed by atoms with Gasteiger partial charge in [0, 0.05) is 47.4 Å². The van der Waals surface area contributed by atoms with Gasteiger partial charge < -0.3 is 24.8 Å². The van der Waals surface area contributed by atoms with Crippen molar-refractivity contribution >= 4 is 40.0 Å². The molecule has 3 amide bonds. The van der Waals surface area contributed by atoms with Crippen LogP contribution in [0.2, 0.25) is 0 Å². The third-order valence-corrected chi connectivity index (χ3v) is 9.19. The number of nitrogens with one attached hydrogen (secondary N) is 3. The van der Waals surface area contributed by atoms with Crippen molar-refractivity contribution in [3.05, 3.63) is 137 Å². The monoisotopic (exact) mass is 803 g/mol. The molecule has 6 aromatic rings. The zero-order valence-electron chi connectivity index (χ0n) is 33.7. The molecular formula is C46H47F2N5O6. The minimum absolute atomic E-state index is 0.0753. The third-order valence-electron chi connectivity index (χ3n) is 9.19. The Kier molecular flexibility index (Phi) is 13.4. The molecule has 0 aliphatic heterocycles. The number of anilines is 2. The van der Waals surface area contributed by atoms with Gasteiger partial charge in [-0.1, -0.05) is 81.8 Å². The van der Waals surface area contributed by atoms with Gasteiger partial charge in [0.1, 0.15) is 46.9 Å². The molecule has 0 spiro atoms. The number of ether oxygens (including phenoxy) is 3. The predicted molar refractivity (Wildman–Crippen MR) is 224 cm³/mol. The van der Waals surface area contributed by atoms with Gasteiger partial charge >= 0.3 is 6.03 Å². The van der Waals surface area contributed by atoms with Crippen LogP contribution in [0.1, 0.15) is 61.3 Å². The standard InChI is InChI=1S/C46H47F2N5O6/c1-6-20-57-21-22-58-34-25-37(47)43(38(48)26-34)44(55)49-28-32(54)23-30-10-9-11-33(24-30)59-40-19-18-39(35-12-7-8-13-36(35)40)50-45(56)51-42-27-41(46(3,4)5)52-53(42)31-16-14-29(2)15-17-31/h7-19,24-27H,6,20-23,28H2,1-5H3,(H,49,55)(H2,50,51,56). The molecule has 0 radical (unpaired) electrons. The number of aryl methyl sites for hydroxylation is 1. The van der Waals surface area contributed by atoms with Crippen LogP contribution in [0, 0.1) is 18.6 Å². The van der Waals surface area contributed by atoms with Crippen molar-refractivity contribution in [2.45, 2.75) is 52.9 Å². The maximum atomic E-state index is 14.7. The summed E-state index contributed by atoms with van der Waals surface area (Å²) in [4.78, 5) is 39.0. The molecule has 306 valence electrons. The first-order valence-corrected chi connectivity index (χ1v) is 19.3. The number of hydrogen-bond donors (Lipinski definition) is 3. The van der Waals surface area contributed by atoms with Gasteiger partial charge in [-0.3, -0.25) is 14.9 Å². The van der Waals surface area contributed by atoms with Gasteiger partial charge in [-0.25, -0.2) is 18.3 Å². The zero-order chi connectivity index (χ0) is 42.1. The molecule has 3 N–H and O–H groups in total. The van der Waals surface area contributed by atoms with Crippen LogP contribution < -0.4 is 25.4 Å². The van der Waals surface area contributed by atoms with Gasteiger partial charge in [-0.05, 0) is 55.3 Å². The Bertz CT molecular complexity index is 2440. The second-order valence-corrected chi connectivity index (χ2v) is 15.0. The number of fused-ring (bicyclic) bond motifs is 1. The third kappa shape index (κ3) is 10.9. The van der Waals surface area contributed by atoms with Crippen LogP contribution in [0.3, 0.4) is 0 Å². The van der Waals surface area contributed by atoms with E-state index < -0.39 is 35.7 Å². The van der Waals surface area contributed by atoms with Gasteiger partial charge in [0.05, 0.1) is 30.2 Å². The normalized spacial score (nSPS) is 11.3. The molecule has 59 heavy (non-hydrogen) atoms. The smallest absolute Gasteiger partial charge is 0.324 e. The highest BCUT2D eigenvalue weighted by Gasteiger charge is 2.23. The highest BCUT2D eigenvalue weighted by atomic mass is 19.1. The zero-order valence-corrected chi connectivity index (χ0v) is 33.7. The van der Waals surface area contributed by atoms with Crippen molar-refractivity contribution in [3.8, 4) is 22.9 Å². The number of carbonyl (C=O) groups excluding carboxylic acids is 3. The molecule has 0 saturated carbocycles. The van der Waals surface area contributed by atoms with E-state index in [1.54, 1.807) is 41.1 Å². The van der Waals surface area contributed by atoms with E-state index in [0.29, 0.717) is 35.2 Å². The maximum Gasteiger partial charge on any atom is 0.324 e. The van der Waals surface area contributed by atoms with Gasteiger partial charge in [0.15, 0.2) is 5.78 Å². The fourth-order valence-electron chi connectivity index (χ4n) is 6.18. The number of urea groups is 1. The summed E-state index contributed by atoms with van der Waals surface area (Å²) in [6.07, 6.45) is 0.755. The van der Waals surface area contributed by atoms with Gasteiger partial charge in [-0.15, -0.1) is 0 Å². The van der Waals surface area contributed by atoms with E-state index in [0.717, 1.165) is 46.3 Å². The molecule has 0 unspecified atom stereocenters. The van der Waals surface area contributed by atoms with Crippen LogP contribution >= 0.6 is 0 Å². The number of halogens is 2. The fourth-order valence-corrected chi connectivity index (χ4v) is 6.18. The summed E-state index contributed by atoms with van der Waals surface area (Å²) in [7, 11) is 0. The molecule has 13 heteroatoms. The Labute approximate surface area is 341 Å². The molecule has 0 atom stereocenters. The molecule has 0 aliphatic carbocycles. The largest absolute Gasteiger partial charge is 0.491 e. The highest BCUT2D eigenvalue weighted by Crippen LogP contribution is 2.35. The molecular weight excluding hydrogens is 757 g/mol. The fraction of sp³-hybridized carbons (Fsp3) is 0.261. The lowest BCUT2D eigenvalue weighted by Gasteiger charge is -2.15. The summed E-state index contributed by atoms with van der Waals surface area (Å²) in [5.41, 5.74) is 2.84. The number of carbonyl (C=O) groups is 3. The number of Topliss-reactive ketones (excluding diaryl/α,β-unsaturated/α-hetero) is 1. The van der Waals surface area contributed by atoms with Gasteiger partial charge in [0.2, 0.25) is 0 Å². The van der Waals surface area contributed by atoms with Crippen LogP contribution in [0.5, 0.6) is 17.2 Å². The summed E-state index contributed by atoms with van der Waals surface area (Å²) in [5, 5.41) is 14.5. The minimum atomic E-state index is -1.11. The van der Waals surface area contributed by atoms with Crippen LogP contribution in [0.15, 0.2) is 103 Å². The Morgan fingerprint density at radius 2 is 1.51 bits per heavy atom.